The number of rotatable bonds is 5. The van der Waals surface area contributed by atoms with E-state index < -0.39 is 0 Å². The van der Waals surface area contributed by atoms with Gasteiger partial charge in [-0.15, -0.1) is 0 Å². The number of nitrogens with two attached hydrogens (primary N) is 1. The van der Waals surface area contributed by atoms with Gasteiger partial charge in [0.25, 0.3) is 0 Å². The van der Waals surface area contributed by atoms with Gasteiger partial charge in [-0.1, -0.05) is 17.7 Å². The smallest absolute Gasteiger partial charge is 0.138 e. The molecule has 1 aromatic carbocycles. The number of halogens is 1. The van der Waals surface area contributed by atoms with Crippen LogP contribution in [0, 0.1) is 0 Å². The largest absolute Gasteiger partial charge is 0.489 e. The van der Waals surface area contributed by atoms with E-state index in [1.54, 1.807) is 0 Å². The second kappa shape index (κ2) is 7.13. The van der Waals surface area contributed by atoms with Gasteiger partial charge in [-0.25, -0.2) is 0 Å². The molecule has 1 aliphatic rings. The van der Waals surface area contributed by atoms with Crippen LogP contribution < -0.4 is 10.5 Å². The molecule has 0 radical (unpaired) electrons. The summed E-state index contributed by atoms with van der Waals surface area (Å²) in [4.78, 5) is 0. The maximum Gasteiger partial charge on any atom is 0.138 e. The molecule has 3 nitrogen and oxygen atoms in total. The molecular formula is C15H22ClNO2. The Balaban J connectivity index is 1.89. The van der Waals surface area contributed by atoms with Crippen molar-refractivity contribution in [1.29, 1.82) is 0 Å². The maximum atomic E-state index is 6.22. The van der Waals surface area contributed by atoms with Crippen molar-refractivity contribution in [2.24, 2.45) is 5.73 Å². The van der Waals surface area contributed by atoms with Gasteiger partial charge in [0.05, 0.1) is 11.1 Å². The average Bonchev–Trinajstić information content (AvgIpc) is 2.38. The normalized spacial score (nSPS) is 21.1. The molecule has 1 heterocycles. The van der Waals surface area contributed by atoms with Crippen molar-refractivity contribution < 1.29 is 9.47 Å². The fraction of sp³-hybridized carbons (Fsp3) is 0.600. The van der Waals surface area contributed by atoms with E-state index in [0.29, 0.717) is 11.6 Å². The first kappa shape index (κ1) is 14.6. The van der Waals surface area contributed by atoms with Crippen LogP contribution in [0.25, 0.3) is 0 Å². The Morgan fingerprint density at radius 3 is 2.95 bits per heavy atom. The van der Waals surface area contributed by atoms with Gasteiger partial charge in [-0.3, -0.25) is 0 Å². The lowest BCUT2D eigenvalue weighted by Gasteiger charge is -2.23. The maximum absolute atomic E-state index is 6.22. The minimum Gasteiger partial charge on any atom is -0.489 e. The Kier molecular flexibility index (Phi) is 5.49. The van der Waals surface area contributed by atoms with E-state index >= 15 is 0 Å². The van der Waals surface area contributed by atoms with Crippen molar-refractivity contribution >= 4 is 11.6 Å². The van der Waals surface area contributed by atoms with Crippen molar-refractivity contribution in [1.82, 2.24) is 0 Å². The predicted octanol–water partition coefficient (Wildman–Crippen LogP) is 3.18. The fourth-order valence-corrected chi connectivity index (χ4v) is 2.54. The SMILES string of the molecule is CC(N)Cc1ccc(OCC2CCCCO2)c(Cl)c1. The zero-order valence-corrected chi connectivity index (χ0v) is 12.2. The molecule has 0 saturated carbocycles. The highest BCUT2D eigenvalue weighted by Gasteiger charge is 2.15. The van der Waals surface area contributed by atoms with Crippen LogP contribution in [0.1, 0.15) is 31.7 Å². The molecule has 106 valence electrons. The summed E-state index contributed by atoms with van der Waals surface area (Å²) in [6.07, 6.45) is 4.47. The minimum atomic E-state index is 0.137. The molecule has 1 fully saturated rings. The van der Waals surface area contributed by atoms with Crippen molar-refractivity contribution in [3.63, 3.8) is 0 Å². The molecule has 4 heteroatoms. The van der Waals surface area contributed by atoms with Gasteiger partial charge >= 0.3 is 0 Å². The molecule has 2 rings (SSSR count). The third-order valence-electron chi connectivity index (χ3n) is 3.25. The molecule has 2 N–H and O–H groups in total. The first-order chi connectivity index (χ1) is 9.15. The van der Waals surface area contributed by atoms with E-state index in [9.17, 15) is 0 Å². The van der Waals surface area contributed by atoms with Gasteiger partial charge in [-0.05, 0) is 50.3 Å². The van der Waals surface area contributed by atoms with Crippen LogP contribution >= 0.6 is 11.6 Å². The lowest BCUT2D eigenvalue weighted by atomic mass is 10.1. The van der Waals surface area contributed by atoms with Crippen LogP contribution in [0.4, 0.5) is 0 Å². The van der Waals surface area contributed by atoms with E-state index in [0.717, 1.165) is 37.2 Å². The second-order valence-corrected chi connectivity index (χ2v) is 5.65. The van der Waals surface area contributed by atoms with Gasteiger partial charge in [0.2, 0.25) is 0 Å². The summed E-state index contributed by atoms with van der Waals surface area (Å²) in [5.74, 6) is 0.726. The van der Waals surface area contributed by atoms with Crippen molar-refractivity contribution in [3.05, 3.63) is 28.8 Å². The number of ether oxygens (including phenoxy) is 2. The van der Waals surface area contributed by atoms with Crippen LogP contribution in [0.15, 0.2) is 18.2 Å². The zero-order valence-electron chi connectivity index (χ0n) is 11.4. The summed E-state index contributed by atoms with van der Waals surface area (Å²) >= 11 is 6.22. The highest BCUT2D eigenvalue weighted by Crippen LogP contribution is 2.26. The highest BCUT2D eigenvalue weighted by molar-refractivity contribution is 6.32. The minimum absolute atomic E-state index is 0.137. The number of hydrogen-bond donors (Lipinski definition) is 1. The van der Waals surface area contributed by atoms with Crippen LogP contribution in [-0.2, 0) is 11.2 Å². The van der Waals surface area contributed by atoms with E-state index in [4.69, 9.17) is 26.8 Å². The van der Waals surface area contributed by atoms with Crippen LogP contribution in [0.2, 0.25) is 5.02 Å². The lowest BCUT2D eigenvalue weighted by molar-refractivity contribution is -0.0110. The molecule has 1 aromatic rings. The Hall–Kier alpha value is -0.770. The third kappa shape index (κ3) is 4.68. The van der Waals surface area contributed by atoms with E-state index in [-0.39, 0.29) is 12.1 Å². The first-order valence-electron chi connectivity index (χ1n) is 6.93. The fourth-order valence-electron chi connectivity index (χ4n) is 2.28. The van der Waals surface area contributed by atoms with Gasteiger partial charge in [0.15, 0.2) is 0 Å². The standard InChI is InChI=1S/C15H22ClNO2/c1-11(17)8-12-5-6-15(14(16)9-12)19-10-13-4-2-3-7-18-13/h5-6,9,11,13H,2-4,7-8,10,17H2,1H3. The second-order valence-electron chi connectivity index (χ2n) is 5.25. The molecule has 19 heavy (non-hydrogen) atoms. The van der Waals surface area contributed by atoms with Crippen LogP contribution in [0.3, 0.4) is 0 Å². The molecular weight excluding hydrogens is 262 g/mol. The van der Waals surface area contributed by atoms with Gasteiger partial charge in [0, 0.05) is 12.6 Å². The molecule has 0 aromatic heterocycles. The summed E-state index contributed by atoms with van der Waals surface area (Å²) < 4.78 is 11.4. The Morgan fingerprint density at radius 1 is 1.47 bits per heavy atom. The quantitative estimate of drug-likeness (QED) is 0.903. The van der Waals surface area contributed by atoms with E-state index in [1.807, 2.05) is 25.1 Å². The molecule has 0 aliphatic carbocycles. The lowest BCUT2D eigenvalue weighted by Crippen LogP contribution is -2.25. The van der Waals surface area contributed by atoms with Crippen molar-refractivity contribution in [2.45, 2.75) is 44.8 Å². The topological polar surface area (TPSA) is 44.5 Å². The van der Waals surface area contributed by atoms with Crippen LogP contribution in [-0.4, -0.2) is 25.4 Å². The van der Waals surface area contributed by atoms with E-state index in [1.165, 1.54) is 6.42 Å². The number of hydrogen-bond acceptors (Lipinski definition) is 3. The average molecular weight is 284 g/mol. The summed E-state index contributed by atoms with van der Waals surface area (Å²) in [7, 11) is 0. The zero-order chi connectivity index (χ0) is 13.7. The predicted molar refractivity (Wildman–Crippen MR) is 77.9 cm³/mol. The molecule has 2 unspecified atom stereocenters. The summed E-state index contributed by atoms with van der Waals surface area (Å²) in [5, 5.41) is 0.647. The molecule has 2 atom stereocenters. The van der Waals surface area contributed by atoms with Gasteiger partial charge < -0.3 is 15.2 Å². The molecule has 0 spiro atoms. The summed E-state index contributed by atoms with van der Waals surface area (Å²) in [6, 6.07) is 6.01. The van der Waals surface area contributed by atoms with E-state index in [2.05, 4.69) is 0 Å². The highest BCUT2D eigenvalue weighted by atomic mass is 35.5. The Bertz CT molecular complexity index is 403. The van der Waals surface area contributed by atoms with Crippen molar-refractivity contribution in [2.75, 3.05) is 13.2 Å². The third-order valence-corrected chi connectivity index (χ3v) is 3.55. The van der Waals surface area contributed by atoms with Crippen LogP contribution in [0.5, 0.6) is 5.75 Å². The number of benzene rings is 1. The summed E-state index contributed by atoms with van der Waals surface area (Å²) in [6.45, 7) is 3.40. The first-order valence-corrected chi connectivity index (χ1v) is 7.31. The Labute approximate surface area is 120 Å². The molecule has 0 amide bonds. The molecule has 1 saturated heterocycles. The Morgan fingerprint density at radius 2 is 2.32 bits per heavy atom. The van der Waals surface area contributed by atoms with Gasteiger partial charge in [-0.2, -0.15) is 0 Å². The molecule has 0 bridgehead atoms. The monoisotopic (exact) mass is 283 g/mol. The van der Waals surface area contributed by atoms with Gasteiger partial charge in [0.1, 0.15) is 12.4 Å². The molecule has 1 aliphatic heterocycles. The summed E-state index contributed by atoms with van der Waals surface area (Å²) in [5.41, 5.74) is 6.92. The van der Waals surface area contributed by atoms with Crippen molar-refractivity contribution in [3.8, 4) is 5.75 Å².